The van der Waals surface area contributed by atoms with Gasteiger partial charge in [-0.05, 0) is 56.3 Å². The highest BCUT2D eigenvalue weighted by atomic mass is 32.2. The molecular formula is C21H27N5O4S. The van der Waals surface area contributed by atoms with Crippen molar-refractivity contribution in [1.29, 1.82) is 0 Å². The zero-order chi connectivity index (χ0) is 22.0. The first-order valence-electron chi connectivity index (χ1n) is 10.4. The Morgan fingerprint density at radius 3 is 2.19 bits per heavy atom. The first kappa shape index (κ1) is 21.5. The maximum absolute atomic E-state index is 13.0. The van der Waals surface area contributed by atoms with E-state index in [1.54, 1.807) is 0 Å². The molecule has 0 bridgehead atoms. The number of nitrogens with zero attached hydrogens (tertiary/aromatic N) is 4. The predicted molar refractivity (Wildman–Crippen MR) is 121 cm³/mol. The lowest BCUT2D eigenvalue weighted by Crippen LogP contribution is -2.47. The molecule has 0 radical (unpaired) electrons. The van der Waals surface area contributed by atoms with Crippen LogP contribution in [0.25, 0.3) is 0 Å². The molecule has 2 aromatic rings. The van der Waals surface area contributed by atoms with Crippen molar-refractivity contribution in [1.82, 2.24) is 9.21 Å². The standard InChI is InChI=1S/C21H27N5O4S/c1-23-12-14-25(15-13-23)31(29,30)19-8-9-20(21(16-19)26(27)28)22-17-4-6-18(7-5-17)24-10-2-3-11-24/h4-9,16,22H,2-3,10-15H2,1H3. The average Bonchev–Trinajstić information content (AvgIpc) is 3.29. The number of nitro groups is 1. The van der Waals surface area contributed by atoms with Crippen molar-refractivity contribution in [3.63, 3.8) is 0 Å². The number of rotatable bonds is 6. The second-order valence-corrected chi connectivity index (χ2v) is 9.95. The van der Waals surface area contributed by atoms with E-state index in [9.17, 15) is 18.5 Å². The largest absolute Gasteiger partial charge is 0.372 e. The van der Waals surface area contributed by atoms with E-state index >= 15 is 0 Å². The molecule has 0 spiro atoms. The lowest BCUT2D eigenvalue weighted by atomic mass is 10.2. The molecule has 0 atom stereocenters. The number of piperazine rings is 1. The fourth-order valence-corrected chi connectivity index (χ4v) is 5.44. The molecule has 166 valence electrons. The van der Waals surface area contributed by atoms with Gasteiger partial charge in [-0.25, -0.2) is 8.42 Å². The van der Waals surface area contributed by atoms with Crippen molar-refractivity contribution < 1.29 is 13.3 Å². The number of likely N-dealkylation sites (N-methyl/N-ethyl adjacent to an activating group) is 1. The van der Waals surface area contributed by atoms with E-state index in [0.717, 1.165) is 24.8 Å². The number of nitro benzene ring substituents is 1. The van der Waals surface area contributed by atoms with Crippen molar-refractivity contribution in [2.24, 2.45) is 0 Å². The summed E-state index contributed by atoms with van der Waals surface area (Å²) in [4.78, 5) is 15.4. The molecule has 1 N–H and O–H groups in total. The summed E-state index contributed by atoms with van der Waals surface area (Å²) in [5, 5.41) is 14.7. The van der Waals surface area contributed by atoms with Crippen LogP contribution < -0.4 is 10.2 Å². The second kappa shape index (κ2) is 8.81. The maximum Gasteiger partial charge on any atom is 0.294 e. The van der Waals surface area contributed by atoms with Crippen molar-refractivity contribution in [2.45, 2.75) is 17.7 Å². The maximum atomic E-state index is 13.0. The highest BCUT2D eigenvalue weighted by Crippen LogP contribution is 2.32. The summed E-state index contributed by atoms with van der Waals surface area (Å²) in [6, 6.07) is 11.8. The Morgan fingerprint density at radius 2 is 1.58 bits per heavy atom. The van der Waals surface area contributed by atoms with Gasteiger partial charge in [0, 0.05) is 56.7 Å². The number of hydrogen-bond donors (Lipinski definition) is 1. The first-order valence-corrected chi connectivity index (χ1v) is 11.9. The molecule has 9 nitrogen and oxygen atoms in total. The van der Waals surface area contributed by atoms with Gasteiger partial charge in [-0.3, -0.25) is 10.1 Å². The summed E-state index contributed by atoms with van der Waals surface area (Å²) in [6.07, 6.45) is 2.38. The minimum Gasteiger partial charge on any atom is -0.372 e. The van der Waals surface area contributed by atoms with E-state index in [-0.39, 0.29) is 16.3 Å². The molecule has 0 aromatic heterocycles. The van der Waals surface area contributed by atoms with Crippen LogP contribution in [-0.2, 0) is 10.0 Å². The first-order chi connectivity index (χ1) is 14.8. The minimum absolute atomic E-state index is 0.0568. The smallest absolute Gasteiger partial charge is 0.294 e. The van der Waals surface area contributed by atoms with Gasteiger partial charge in [0.1, 0.15) is 5.69 Å². The normalized spacial score (nSPS) is 18.3. The summed E-state index contributed by atoms with van der Waals surface area (Å²) in [6.45, 7) is 4.09. The van der Waals surface area contributed by atoms with E-state index < -0.39 is 14.9 Å². The highest BCUT2D eigenvalue weighted by molar-refractivity contribution is 7.89. The van der Waals surface area contributed by atoms with Gasteiger partial charge in [-0.15, -0.1) is 0 Å². The number of anilines is 3. The van der Waals surface area contributed by atoms with Crippen molar-refractivity contribution in [2.75, 3.05) is 56.5 Å². The van der Waals surface area contributed by atoms with E-state index in [1.165, 1.54) is 29.3 Å². The fraction of sp³-hybridized carbons (Fsp3) is 0.429. The Morgan fingerprint density at radius 1 is 0.935 bits per heavy atom. The van der Waals surface area contributed by atoms with Crippen molar-refractivity contribution in [3.05, 3.63) is 52.6 Å². The summed E-state index contributed by atoms with van der Waals surface area (Å²) >= 11 is 0. The third-order valence-corrected chi connectivity index (χ3v) is 7.78. The lowest BCUT2D eigenvalue weighted by Gasteiger charge is -2.31. The Hall–Kier alpha value is -2.69. The average molecular weight is 446 g/mol. The Bertz CT molecular complexity index is 1040. The number of sulfonamides is 1. The Kier molecular flexibility index (Phi) is 6.12. The van der Waals surface area contributed by atoms with Crippen LogP contribution in [0.5, 0.6) is 0 Å². The number of nitrogens with one attached hydrogen (secondary N) is 1. The molecule has 0 amide bonds. The van der Waals surface area contributed by atoms with Crippen molar-refractivity contribution in [3.8, 4) is 0 Å². The zero-order valence-corrected chi connectivity index (χ0v) is 18.3. The number of benzene rings is 2. The highest BCUT2D eigenvalue weighted by Gasteiger charge is 2.29. The van der Waals surface area contributed by atoms with Crippen LogP contribution >= 0.6 is 0 Å². The Balaban J connectivity index is 1.55. The zero-order valence-electron chi connectivity index (χ0n) is 17.5. The van der Waals surface area contributed by atoms with Crippen LogP contribution in [0.3, 0.4) is 0 Å². The quantitative estimate of drug-likeness (QED) is 0.539. The van der Waals surface area contributed by atoms with Crippen molar-refractivity contribution >= 4 is 32.8 Å². The number of hydrogen-bond acceptors (Lipinski definition) is 7. The molecule has 2 saturated heterocycles. The molecule has 2 fully saturated rings. The van der Waals surface area contributed by atoms with Crippen LogP contribution in [-0.4, -0.2) is 68.9 Å². The van der Waals surface area contributed by atoms with Gasteiger partial charge in [0.25, 0.3) is 5.69 Å². The molecule has 0 aliphatic carbocycles. The second-order valence-electron chi connectivity index (χ2n) is 8.01. The van der Waals surface area contributed by atoms with Crippen LogP contribution in [0.1, 0.15) is 12.8 Å². The molecule has 2 aromatic carbocycles. The Labute approximate surface area is 182 Å². The molecule has 4 rings (SSSR count). The molecule has 10 heteroatoms. The molecule has 2 heterocycles. The van der Waals surface area contributed by atoms with Gasteiger partial charge >= 0.3 is 0 Å². The van der Waals surface area contributed by atoms with Crippen LogP contribution in [0.2, 0.25) is 0 Å². The minimum atomic E-state index is -3.78. The summed E-state index contributed by atoms with van der Waals surface area (Å²) in [7, 11) is -1.84. The molecular weight excluding hydrogens is 418 g/mol. The van der Waals surface area contributed by atoms with E-state index in [1.807, 2.05) is 31.3 Å². The van der Waals surface area contributed by atoms with E-state index in [2.05, 4.69) is 15.1 Å². The van der Waals surface area contributed by atoms with Gasteiger partial charge in [0.05, 0.1) is 9.82 Å². The van der Waals surface area contributed by atoms with E-state index in [0.29, 0.717) is 31.9 Å². The van der Waals surface area contributed by atoms with Crippen LogP contribution in [0, 0.1) is 10.1 Å². The fourth-order valence-electron chi connectivity index (χ4n) is 3.99. The third kappa shape index (κ3) is 4.65. The van der Waals surface area contributed by atoms with E-state index in [4.69, 9.17) is 0 Å². The molecule has 2 aliphatic heterocycles. The predicted octanol–water partition coefficient (Wildman–Crippen LogP) is 2.87. The van der Waals surface area contributed by atoms with Crippen LogP contribution in [0.4, 0.5) is 22.7 Å². The van der Waals surface area contributed by atoms with Gasteiger partial charge < -0.3 is 15.1 Å². The van der Waals surface area contributed by atoms with Gasteiger partial charge in [0.15, 0.2) is 0 Å². The summed E-state index contributed by atoms with van der Waals surface area (Å²) in [5.74, 6) is 0. The lowest BCUT2D eigenvalue weighted by molar-refractivity contribution is -0.384. The molecule has 2 aliphatic rings. The topological polar surface area (TPSA) is 99.0 Å². The summed E-state index contributed by atoms with van der Waals surface area (Å²) in [5.41, 5.74) is 1.84. The SMILES string of the molecule is CN1CCN(S(=O)(=O)c2ccc(Nc3ccc(N4CCCC4)cc3)c([N+](=O)[O-])c2)CC1. The summed E-state index contributed by atoms with van der Waals surface area (Å²) < 4.78 is 27.3. The van der Waals surface area contributed by atoms with Gasteiger partial charge in [-0.2, -0.15) is 4.31 Å². The molecule has 0 unspecified atom stereocenters. The van der Waals surface area contributed by atoms with Crippen LogP contribution in [0.15, 0.2) is 47.4 Å². The van der Waals surface area contributed by atoms with Gasteiger partial charge in [-0.1, -0.05) is 0 Å². The van der Waals surface area contributed by atoms with Gasteiger partial charge in [0.2, 0.25) is 10.0 Å². The monoisotopic (exact) mass is 445 g/mol. The molecule has 31 heavy (non-hydrogen) atoms. The third-order valence-electron chi connectivity index (χ3n) is 5.88. The molecule has 0 saturated carbocycles.